The second-order valence-corrected chi connectivity index (χ2v) is 10.1. The van der Waals surface area contributed by atoms with Gasteiger partial charge in [-0.1, -0.05) is 29.5 Å². The van der Waals surface area contributed by atoms with Crippen molar-refractivity contribution in [2.75, 3.05) is 0 Å². The molecule has 7 nitrogen and oxygen atoms in total. The molecule has 2 aromatic heterocycles. The van der Waals surface area contributed by atoms with Crippen LogP contribution in [0.25, 0.3) is 17.0 Å². The van der Waals surface area contributed by atoms with Gasteiger partial charge >= 0.3 is 5.97 Å². The van der Waals surface area contributed by atoms with Gasteiger partial charge in [0, 0.05) is 5.39 Å². The van der Waals surface area contributed by atoms with Gasteiger partial charge < -0.3 is 14.6 Å². The molecule has 0 radical (unpaired) electrons. The first-order valence-corrected chi connectivity index (χ1v) is 12.1. The number of aromatic nitrogens is 1. The number of benzene rings is 2. The summed E-state index contributed by atoms with van der Waals surface area (Å²) in [5.74, 6) is -0.756. The molecule has 166 valence electrons. The van der Waals surface area contributed by atoms with Gasteiger partial charge in [-0.15, -0.1) is 0 Å². The van der Waals surface area contributed by atoms with E-state index in [9.17, 15) is 19.8 Å². The molecule has 2 aromatic carbocycles. The first-order chi connectivity index (χ1) is 15.7. The molecule has 33 heavy (non-hydrogen) atoms. The minimum atomic E-state index is -1.16. The number of thiazole rings is 1. The maximum Gasteiger partial charge on any atom is 0.336 e. The molecule has 0 saturated carbocycles. The normalized spacial score (nSPS) is 16.2. The number of fused-ring (bicyclic) bond motifs is 2. The van der Waals surface area contributed by atoms with Crippen LogP contribution in [0.4, 0.5) is 0 Å². The summed E-state index contributed by atoms with van der Waals surface area (Å²) in [5.41, 5.74) is 1.20. The Morgan fingerprint density at radius 3 is 2.58 bits per heavy atom. The van der Waals surface area contributed by atoms with Gasteiger partial charge in [-0.25, -0.2) is 9.79 Å². The van der Waals surface area contributed by atoms with Crippen LogP contribution in [0.3, 0.4) is 0 Å². The average molecular weight is 590 g/mol. The Bertz CT molecular complexity index is 1620. The molecule has 0 saturated heterocycles. The molecule has 3 heterocycles. The van der Waals surface area contributed by atoms with E-state index < -0.39 is 12.0 Å². The highest BCUT2D eigenvalue weighted by molar-refractivity contribution is 9.11. The van der Waals surface area contributed by atoms with E-state index in [0.29, 0.717) is 40.9 Å². The van der Waals surface area contributed by atoms with Crippen LogP contribution in [0.15, 0.2) is 76.9 Å². The lowest BCUT2D eigenvalue weighted by Gasteiger charge is -2.20. The van der Waals surface area contributed by atoms with Gasteiger partial charge in [0.15, 0.2) is 4.80 Å². The molecule has 0 aliphatic carbocycles. The van der Waals surface area contributed by atoms with Crippen molar-refractivity contribution >= 4 is 66.2 Å². The number of rotatable bonds is 3. The number of hydrogen-bond donors (Lipinski definition) is 2. The molecule has 4 aromatic rings. The second-order valence-electron chi connectivity index (χ2n) is 7.41. The lowest BCUT2D eigenvalue weighted by atomic mass is 10.0. The minimum absolute atomic E-state index is 0.0110. The molecule has 1 unspecified atom stereocenters. The number of halogens is 2. The topological polar surface area (TPSA) is 105 Å². The first kappa shape index (κ1) is 21.9. The lowest BCUT2D eigenvalue weighted by Crippen LogP contribution is -2.39. The maximum absolute atomic E-state index is 13.5. The van der Waals surface area contributed by atoms with Crippen molar-refractivity contribution in [1.82, 2.24) is 4.57 Å². The van der Waals surface area contributed by atoms with E-state index in [1.54, 1.807) is 37.3 Å². The Kier molecular flexibility index (Phi) is 5.38. The molecule has 0 spiro atoms. The van der Waals surface area contributed by atoms with E-state index in [2.05, 4.69) is 36.9 Å². The summed E-state index contributed by atoms with van der Waals surface area (Å²) in [4.78, 5) is 30.5. The van der Waals surface area contributed by atoms with E-state index >= 15 is 0 Å². The van der Waals surface area contributed by atoms with Crippen LogP contribution in [0, 0.1) is 0 Å². The van der Waals surface area contributed by atoms with Crippen molar-refractivity contribution in [2.45, 2.75) is 13.0 Å². The SMILES string of the molecule is CC1=C(C(=O)O)C(c2cc3ccccc3o2)n2c(s/c(=C\c3cc(Br)c(O)c(Br)c3)c2=O)=N1. The summed E-state index contributed by atoms with van der Waals surface area (Å²) in [6, 6.07) is 11.5. The number of phenols is 1. The van der Waals surface area contributed by atoms with Crippen molar-refractivity contribution < 1.29 is 19.4 Å². The number of aromatic hydroxyl groups is 1. The predicted molar refractivity (Wildman–Crippen MR) is 131 cm³/mol. The maximum atomic E-state index is 13.5. The highest BCUT2D eigenvalue weighted by atomic mass is 79.9. The minimum Gasteiger partial charge on any atom is -0.506 e. The number of carboxylic acids is 1. The van der Waals surface area contributed by atoms with Crippen molar-refractivity contribution in [2.24, 2.45) is 4.99 Å². The van der Waals surface area contributed by atoms with Crippen molar-refractivity contribution in [3.63, 3.8) is 0 Å². The van der Waals surface area contributed by atoms with Gasteiger partial charge in [-0.2, -0.15) is 0 Å². The van der Waals surface area contributed by atoms with Crippen molar-refractivity contribution in [1.29, 1.82) is 0 Å². The molecule has 0 fully saturated rings. The average Bonchev–Trinajstić information content (AvgIpc) is 3.32. The largest absolute Gasteiger partial charge is 0.506 e. The van der Waals surface area contributed by atoms with Gasteiger partial charge in [0.05, 0.1) is 24.7 Å². The van der Waals surface area contributed by atoms with Gasteiger partial charge in [-0.05, 0) is 74.7 Å². The fraction of sp³-hybridized carbons (Fsp3) is 0.0870. The number of phenolic OH excluding ortho intramolecular Hbond substituents is 1. The summed E-state index contributed by atoms with van der Waals surface area (Å²) in [6.07, 6.45) is 1.67. The van der Waals surface area contributed by atoms with Crippen LogP contribution in [0.2, 0.25) is 0 Å². The Labute approximate surface area is 206 Å². The zero-order valence-electron chi connectivity index (χ0n) is 16.9. The summed E-state index contributed by atoms with van der Waals surface area (Å²) < 4.78 is 8.66. The van der Waals surface area contributed by atoms with Crippen LogP contribution in [-0.2, 0) is 4.79 Å². The number of para-hydroxylation sites is 1. The molecule has 2 N–H and O–H groups in total. The fourth-order valence-electron chi connectivity index (χ4n) is 3.82. The van der Waals surface area contributed by atoms with Gasteiger partial charge in [-0.3, -0.25) is 9.36 Å². The molecule has 5 rings (SSSR count). The Balaban J connectivity index is 1.76. The van der Waals surface area contributed by atoms with E-state index in [1.807, 2.05) is 18.2 Å². The van der Waals surface area contributed by atoms with Crippen LogP contribution < -0.4 is 14.9 Å². The number of allylic oxidation sites excluding steroid dienone is 1. The van der Waals surface area contributed by atoms with Crippen molar-refractivity contribution in [3.8, 4) is 5.75 Å². The third-order valence-electron chi connectivity index (χ3n) is 5.30. The summed E-state index contributed by atoms with van der Waals surface area (Å²) in [6.45, 7) is 1.62. The summed E-state index contributed by atoms with van der Waals surface area (Å²) in [7, 11) is 0. The quantitative estimate of drug-likeness (QED) is 0.371. The number of aliphatic carboxylic acids is 1. The van der Waals surface area contributed by atoms with Crippen molar-refractivity contribution in [3.05, 3.63) is 93.7 Å². The Morgan fingerprint density at radius 1 is 1.21 bits per heavy atom. The van der Waals surface area contributed by atoms with E-state index in [-0.39, 0.29) is 16.9 Å². The van der Waals surface area contributed by atoms with Gasteiger partial charge in [0.1, 0.15) is 23.1 Å². The molecule has 1 atom stereocenters. The number of hydrogen-bond acceptors (Lipinski definition) is 6. The van der Waals surface area contributed by atoms with Gasteiger partial charge in [0.25, 0.3) is 5.56 Å². The zero-order valence-corrected chi connectivity index (χ0v) is 20.9. The summed E-state index contributed by atoms with van der Waals surface area (Å²) >= 11 is 7.74. The Morgan fingerprint density at radius 2 is 1.91 bits per heavy atom. The highest BCUT2D eigenvalue weighted by Crippen LogP contribution is 2.34. The second kappa shape index (κ2) is 8.12. The third-order valence-corrected chi connectivity index (χ3v) is 7.50. The van der Waals surface area contributed by atoms with Crippen LogP contribution >= 0.6 is 43.2 Å². The third kappa shape index (κ3) is 3.68. The van der Waals surface area contributed by atoms with Crippen LogP contribution in [-0.4, -0.2) is 20.7 Å². The Hall–Kier alpha value is -2.95. The number of carboxylic acid groups (broad SMARTS) is 1. The molecule has 1 aliphatic heterocycles. The number of nitrogens with zero attached hydrogens (tertiary/aromatic N) is 2. The lowest BCUT2D eigenvalue weighted by molar-refractivity contribution is -0.133. The number of carbonyl (C=O) groups is 1. The van der Waals surface area contributed by atoms with Gasteiger partial charge in [0.2, 0.25) is 0 Å². The smallest absolute Gasteiger partial charge is 0.336 e. The monoisotopic (exact) mass is 588 g/mol. The molecule has 0 bridgehead atoms. The van der Waals surface area contributed by atoms with Crippen LogP contribution in [0.5, 0.6) is 5.75 Å². The fourth-order valence-corrected chi connectivity index (χ4v) is 6.09. The number of furan rings is 1. The molecular formula is C23H14Br2N2O5S. The summed E-state index contributed by atoms with van der Waals surface area (Å²) in [5, 5.41) is 20.7. The highest BCUT2D eigenvalue weighted by Gasteiger charge is 2.34. The molecule has 0 amide bonds. The van der Waals surface area contributed by atoms with E-state index in [4.69, 9.17) is 4.42 Å². The van der Waals surface area contributed by atoms with E-state index in [1.165, 1.54) is 4.57 Å². The standard InChI is InChI=1S/C23H14Br2N2O5S/c1-10-18(22(30)31)19(16-9-12-4-2-3-5-15(12)32-16)27-21(29)17(33-23(27)26-10)8-11-6-13(24)20(28)14(25)7-11/h2-9,19,28H,1H3,(H,30,31)/b17-8-. The molecule has 1 aliphatic rings. The first-order valence-electron chi connectivity index (χ1n) is 9.67. The van der Waals surface area contributed by atoms with Crippen LogP contribution in [0.1, 0.15) is 24.3 Å². The van der Waals surface area contributed by atoms with E-state index in [0.717, 1.165) is 16.7 Å². The zero-order chi connectivity index (χ0) is 23.4. The molecular weight excluding hydrogens is 576 g/mol. The molecule has 10 heteroatoms. The predicted octanol–water partition coefficient (Wildman–Crippen LogP) is 4.30.